The summed E-state index contributed by atoms with van der Waals surface area (Å²) in [4.78, 5) is 3.26. The van der Waals surface area contributed by atoms with Gasteiger partial charge in [-0.1, -0.05) is 29.8 Å². The number of hydrogen-bond acceptors (Lipinski definition) is 3. The van der Waals surface area contributed by atoms with Gasteiger partial charge in [0.25, 0.3) is 0 Å². The van der Waals surface area contributed by atoms with E-state index in [-0.39, 0.29) is 0 Å². The van der Waals surface area contributed by atoms with Gasteiger partial charge in [0.2, 0.25) is 0 Å². The molecule has 0 saturated carbocycles. The molecule has 0 radical (unpaired) electrons. The summed E-state index contributed by atoms with van der Waals surface area (Å²) in [6, 6.07) is 12.9. The van der Waals surface area contributed by atoms with Crippen molar-refractivity contribution in [3.8, 4) is 17.2 Å². The van der Waals surface area contributed by atoms with E-state index in [9.17, 15) is 0 Å². The summed E-state index contributed by atoms with van der Waals surface area (Å²) in [7, 11) is 5.04. The zero-order chi connectivity index (χ0) is 19.2. The summed E-state index contributed by atoms with van der Waals surface area (Å²) >= 11 is 0. The Kier molecular flexibility index (Phi) is 6.58. The molecular weight excluding hydrogens is 340 g/mol. The minimum absolute atomic E-state index is 0.709. The Morgan fingerprint density at radius 2 is 1.22 bits per heavy atom. The smallest absolute Gasteiger partial charge is 0.164 e. The second-order valence-electron chi connectivity index (χ2n) is 7.36. The molecule has 1 aliphatic rings. The minimum Gasteiger partial charge on any atom is -0.496 e. The molecule has 0 bridgehead atoms. The molecule has 0 atom stereocenters. The molecule has 27 heavy (non-hydrogen) atoms. The topological polar surface area (TPSA) is 36.6 Å². The lowest BCUT2D eigenvalue weighted by Crippen LogP contribution is -3.27. The van der Waals surface area contributed by atoms with E-state index in [1.54, 1.807) is 31.1 Å². The molecule has 1 saturated heterocycles. The van der Waals surface area contributed by atoms with Crippen LogP contribution in [0.25, 0.3) is 0 Å². The van der Waals surface area contributed by atoms with Crippen molar-refractivity contribution in [3.05, 3.63) is 53.1 Å². The zero-order valence-corrected chi connectivity index (χ0v) is 16.9. The molecule has 2 aromatic rings. The first-order chi connectivity index (χ1) is 13.1. The van der Waals surface area contributed by atoms with Crippen molar-refractivity contribution in [2.75, 3.05) is 47.5 Å². The quantitative estimate of drug-likeness (QED) is 0.743. The van der Waals surface area contributed by atoms with Gasteiger partial charge in [-0.15, -0.1) is 0 Å². The van der Waals surface area contributed by atoms with E-state index in [1.807, 2.05) is 6.07 Å². The van der Waals surface area contributed by atoms with Gasteiger partial charge in [-0.2, -0.15) is 0 Å². The van der Waals surface area contributed by atoms with Crippen molar-refractivity contribution in [2.24, 2.45) is 0 Å². The Morgan fingerprint density at radius 3 is 1.78 bits per heavy atom. The van der Waals surface area contributed by atoms with E-state index in [4.69, 9.17) is 14.2 Å². The van der Waals surface area contributed by atoms with Gasteiger partial charge in [0.15, 0.2) is 11.5 Å². The predicted molar refractivity (Wildman–Crippen MR) is 106 cm³/mol. The first-order valence-corrected chi connectivity index (χ1v) is 9.64. The van der Waals surface area contributed by atoms with E-state index in [2.05, 4.69) is 37.3 Å². The van der Waals surface area contributed by atoms with Gasteiger partial charge in [-0.05, 0) is 13.0 Å². The molecule has 5 nitrogen and oxygen atoms in total. The van der Waals surface area contributed by atoms with Crippen molar-refractivity contribution >= 4 is 0 Å². The molecule has 0 aliphatic carbocycles. The summed E-state index contributed by atoms with van der Waals surface area (Å²) in [5.74, 6) is 2.34. The highest BCUT2D eigenvalue weighted by Gasteiger charge is 2.25. The highest BCUT2D eigenvalue weighted by Crippen LogP contribution is 2.34. The average Bonchev–Trinajstić information content (AvgIpc) is 2.70. The lowest BCUT2D eigenvalue weighted by atomic mass is 10.1. The highest BCUT2D eigenvalue weighted by molar-refractivity contribution is 5.50. The predicted octanol–water partition coefficient (Wildman–Crippen LogP) is 0.504. The van der Waals surface area contributed by atoms with Crippen LogP contribution in [0.4, 0.5) is 0 Å². The van der Waals surface area contributed by atoms with E-state index in [1.165, 1.54) is 42.9 Å². The molecule has 0 unspecified atom stereocenters. The fourth-order valence-corrected chi connectivity index (χ4v) is 3.81. The molecule has 2 aromatic carbocycles. The van der Waals surface area contributed by atoms with Crippen LogP contribution < -0.4 is 24.0 Å². The maximum Gasteiger partial charge on any atom is 0.164 e. The third-order valence-corrected chi connectivity index (χ3v) is 5.47. The molecule has 5 heteroatoms. The van der Waals surface area contributed by atoms with Crippen LogP contribution in [0.15, 0.2) is 36.4 Å². The van der Waals surface area contributed by atoms with Crippen LogP contribution in [-0.2, 0) is 13.1 Å². The normalized spacial score (nSPS) is 19.6. The lowest BCUT2D eigenvalue weighted by Gasteiger charge is -2.30. The Balaban J connectivity index is 1.59. The van der Waals surface area contributed by atoms with Crippen LogP contribution in [0.2, 0.25) is 0 Å². The van der Waals surface area contributed by atoms with Crippen LogP contribution in [-0.4, -0.2) is 47.5 Å². The molecule has 0 aromatic heterocycles. The van der Waals surface area contributed by atoms with Crippen molar-refractivity contribution in [3.63, 3.8) is 0 Å². The summed E-state index contributed by atoms with van der Waals surface area (Å²) < 4.78 is 16.4. The Hall–Kier alpha value is -2.24. The van der Waals surface area contributed by atoms with E-state index in [0.29, 0.717) is 5.75 Å². The number of piperazine rings is 1. The fourth-order valence-electron chi connectivity index (χ4n) is 3.81. The maximum absolute atomic E-state index is 5.58. The molecule has 146 valence electrons. The van der Waals surface area contributed by atoms with E-state index < -0.39 is 0 Å². The Morgan fingerprint density at radius 1 is 0.704 bits per heavy atom. The summed E-state index contributed by atoms with van der Waals surface area (Å²) in [6.45, 7) is 8.92. The zero-order valence-electron chi connectivity index (χ0n) is 16.9. The maximum atomic E-state index is 5.58. The largest absolute Gasteiger partial charge is 0.496 e. The second kappa shape index (κ2) is 9.11. The molecule has 1 aliphatic heterocycles. The van der Waals surface area contributed by atoms with Gasteiger partial charge in [0.05, 0.1) is 26.9 Å². The molecule has 0 spiro atoms. The lowest BCUT2D eigenvalue weighted by molar-refractivity contribution is -1.02. The van der Waals surface area contributed by atoms with Gasteiger partial charge in [-0.3, -0.25) is 0 Å². The van der Waals surface area contributed by atoms with Gasteiger partial charge in [0, 0.05) is 11.6 Å². The number of nitrogens with one attached hydrogen (secondary N) is 2. The number of methoxy groups -OCH3 is 3. The average molecular weight is 373 g/mol. The summed E-state index contributed by atoms with van der Waals surface area (Å²) in [5.41, 5.74) is 3.93. The summed E-state index contributed by atoms with van der Waals surface area (Å²) in [5, 5.41) is 0. The van der Waals surface area contributed by atoms with Gasteiger partial charge in [0.1, 0.15) is 45.0 Å². The third-order valence-electron chi connectivity index (χ3n) is 5.47. The number of rotatable bonds is 7. The van der Waals surface area contributed by atoms with Crippen LogP contribution >= 0.6 is 0 Å². The molecule has 2 N–H and O–H groups in total. The van der Waals surface area contributed by atoms with Crippen LogP contribution in [0.5, 0.6) is 17.2 Å². The van der Waals surface area contributed by atoms with Gasteiger partial charge in [-0.25, -0.2) is 0 Å². The van der Waals surface area contributed by atoms with Gasteiger partial charge < -0.3 is 24.0 Å². The Bertz CT molecular complexity index is 738. The van der Waals surface area contributed by atoms with Crippen molar-refractivity contribution in [1.82, 2.24) is 0 Å². The highest BCUT2D eigenvalue weighted by atomic mass is 16.5. The van der Waals surface area contributed by atoms with Crippen LogP contribution in [0.1, 0.15) is 16.7 Å². The fraction of sp³-hybridized carbons (Fsp3) is 0.455. The van der Waals surface area contributed by atoms with Crippen molar-refractivity contribution < 1.29 is 24.0 Å². The second-order valence-corrected chi connectivity index (χ2v) is 7.36. The third kappa shape index (κ3) is 4.93. The molecule has 3 rings (SSSR count). The van der Waals surface area contributed by atoms with E-state index in [0.717, 1.165) is 24.6 Å². The van der Waals surface area contributed by atoms with Crippen molar-refractivity contribution in [2.45, 2.75) is 20.0 Å². The Labute approximate surface area is 162 Å². The van der Waals surface area contributed by atoms with Gasteiger partial charge >= 0.3 is 0 Å². The molecule has 1 fully saturated rings. The molecule has 1 heterocycles. The van der Waals surface area contributed by atoms with Crippen molar-refractivity contribution in [1.29, 1.82) is 0 Å². The number of benzene rings is 2. The number of aryl methyl sites for hydroxylation is 1. The first kappa shape index (κ1) is 19.5. The summed E-state index contributed by atoms with van der Waals surface area (Å²) in [6.07, 6.45) is 0. The van der Waals surface area contributed by atoms with Crippen LogP contribution in [0, 0.1) is 6.92 Å². The number of hydrogen-bond donors (Lipinski definition) is 2. The molecular formula is C22H32N2O3+2. The minimum atomic E-state index is 0.709. The molecule has 0 amide bonds. The monoisotopic (exact) mass is 372 g/mol. The SMILES string of the molecule is COc1cc(OC)c(OC)cc1C[NH+]1CC[NH+](Cc2ccc(C)cc2)CC1. The number of ether oxygens (including phenoxy) is 3. The first-order valence-electron chi connectivity index (χ1n) is 9.64. The van der Waals surface area contributed by atoms with Crippen LogP contribution in [0.3, 0.4) is 0 Å². The van der Waals surface area contributed by atoms with E-state index >= 15 is 0 Å². The standard InChI is InChI=1S/C22H30N2O3/c1-17-5-7-18(8-6-17)15-23-9-11-24(12-10-23)16-19-13-21(26-3)22(27-4)14-20(19)25-2/h5-8,13-14H,9-12,15-16H2,1-4H3/p+2. The number of quaternary nitrogens is 2.